The maximum absolute atomic E-state index is 12.9. The highest BCUT2D eigenvalue weighted by atomic mass is 19.1. The molecule has 1 rings (SSSR count). The van der Waals surface area contributed by atoms with E-state index in [1.54, 1.807) is 12.1 Å². The zero-order valence-corrected chi connectivity index (χ0v) is 13.0. The van der Waals surface area contributed by atoms with Crippen molar-refractivity contribution < 1.29 is 9.18 Å². The van der Waals surface area contributed by atoms with E-state index >= 15 is 0 Å². The third-order valence-electron chi connectivity index (χ3n) is 3.55. The highest BCUT2D eigenvalue weighted by Gasteiger charge is 2.29. The number of hydrogen-bond donors (Lipinski definition) is 2. The van der Waals surface area contributed by atoms with E-state index < -0.39 is 6.04 Å². The van der Waals surface area contributed by atoms with Gasteiger partial charge in [-0.3, -0.25) is 4.79 Å². The van der Waals surface area contributed by atoms with Crippen LogP contribution in [0.1, 0.15) is 40.2 Å². The quantitative estimate of drug-likeness (QED) is 0.890. The lowest BCUT2D eigenvalue weighted by Crippen LogP contribution is -2.50. The molecular formula is C16H25FN2O. The molecule has 0 aliphatic rings. The fraction of sp³-hybridized carbons (Fsp3) is 0.562. The van der Waals surface area contributed by atoms with Gasteiger partial charge in [0.1, 0.15) is 5.82 Å². The van der Waals surface area contributed by atoms with Gasteiger partial charge in [0, 0.05) is 12.0 Å². The minimum atomic E-state index is -0.550. The minimum Gasteiger partial charge on any atom is -0.354 e. The van der Waals surface area contributed by atoms with Gasteiger partial charge in [-0.15, -0.1) is 0 Å². The Morgan fingerprint density at radius 2 is 1.70 bits per heavy atom. The number of hydrogen-bond acceptors (Lipinski definition) is 2. The van der Waals surface area contributed by atoms with Crippen LogP contribution in [-0.2, 0) is 10.2 Å². The molecule has 3 N–H and O–H groups in total. The van der Waals surface area contributed by atoms with Gasteiger partial charge in [-0.05, 0) is 23.1 Å². The number of carbonyl (C=O) groups is 1. The zero-order chi connectivity index (χ0) is 15.6. The molecule has 1 aromatic rings. The van der Waals surface area contributed by atoms with E-state index in [0.717, 1.165) is 5.56 Å². The fourth-order valence-electron chi connectivity index (χ4n) is 1.81. The van der Waals surface area contributed by atoms with Gasteiger partial charge >= 0.3 is 0 Å². The predicted octanol–water partition coefficient (Wildman–Crippen LogP) is 2.59. The van der Waals surface area contributed by atoms with Crippen molar-refractivity contribution in [2.75, 3.05) is 6.54 Å². The van der Waals surface area contributed by atoms with Crippen LogP contribution in [0.25, 0.3) is 0 Å². The standard InChI is InChI=1S/C16H25FN2O/c1-15(2,3)13(18)14(20)19-10-16(4,5)11-6-8-12(17)9-7-11/h6-9,13H,10,18H2,1-5H3,(H,19,20)/t13-/m1/s1. The Balaban J connectivity index is 2.68. The molecule has 20 heavy (non-hydrogen) atoms. The summed E-state index contributed by atoms with van der Waals surface area (Å²) in [5, 5.41) is 2.88. The summed E-state index contributed by atoms with van der Waals surface area (Å²) in [7, 11) is 0. The van der Waals surface area contributed by atoms with E-state index in [4.69, 9.17) is 5.73 Å². The van der Waals surface area contributed by atoms with Gasteiger partial charge in [0.25, 0.3) is 0 Å². The maximum Gasteiger partial charge on any atom is 0.237 e. The van der Waals surface area contributed by atoms with Gasteiger partial charge in [-0.1, -0.05) is 46.8 Å². The van der Waals surface area contributed by atoms with E-state index in [1.165, 1.54) is 12.1 Å². The van der Waals surface area contributed by atoms with Crippen LogP contribution in [-0.4, -0.2) is 18.5 Å². The van der Waals surface area contributed by atoms with E-state index in [9.17, 15) is 9.18 Å². The molecule has 0 aromatic heterocycles. The first-order chi connectivity index (χ1) is 9.04. The van der Waals surface area contributed by atoms with Crippen LogP contribution in [0, 0.1) is 11.2 Å². The number of benzene rings is 1. The van der Waals surface area contributed by atoms with Crippen LogP contribution in [0.2, 0.25) is 0 Å². The van der Waals surface area contributed by atoms with E-state index in [0.29, 0.717) is 6.54 Å². The Labute approximate surface area is 120 Å². The third-order valence-corrected chi connectivity index (χ3v) is 3.55. The van der Waals surface area contributed by atoms with Crippen LogP contribution in [0.4, 0.5) is 4.39 Å². The van der Waals surface area contributed by atoms with Gasteiger partial charge in [-0.25, -0.2) is 4.39 Å². The largest absolute Gasteiger partial charge is 0.354 e. The van der Waals surface area contributed by atoms with E-state index in [1.807, 2.05) is 34.6 Å². The van der Waals surface area contributed by atoms with E-state index in [2.05, 4.69) is 5.32 Å². The summed E-state index contributed by atoms with van der Waals surface area (Å²) in [5.74, 6) is -0.420. The molecule has 0 saturated carbocycles. The molecule has 0 bridgehead atoms. The van der Waals surface area contributed by atoms with Crippen molar-refractivity contribution >= 4 is 5.91 Å². The van der Waals surface area contributed by atoms with Crippen LogP contribution in [0.15, 0.2) is 24.3 Å². The van der Waals surface area contributed by atoms with Crippen molar-refractivity contribution in [3.63, 3.8) is 0 Å². The molecule has 0 aliphatic carbocycles. The molecular weight excluding hydrogens is 255 g/mol. The molecule has 0 heterocycles. The summed E-state index contributed by atoms with van der Waals surface area (Å²) >= 11 is 0. The van der Waals surface area contributed by atoms with Crippen molar-refractivity contribution in [3.8, 4) is 0 Å². The summed E-state index contributed by atoms with van der Waals surface area (Å²) in [4.78, 5) is 12.0. The summed E-state index contributed by atoms with van der Waals surface area (Å²) < 4.78 is 12.9. The summed E-state index contributed by atoms with van der Waals surface area (Å²) in [6.45, 7) is 10.3. The normalized spacial score (nSPS) is 13.9. The van der Waals surface area contributed by atoms with Crippen molar-refractivity contribution in [1.82, 2.24) is 5.32 Å². The minimum absolute atomic E-state index is 0.160. The van der Waals surface area contributed by atoms with Gasteiger partial charge in [0.2, 0.25) is 5.91 Å². The smallest absolute Gasteiger partial charge is 0.237 e. The summed E-state index contributed by atoms with van der Waals surface area (Å²) in [6.07, 6.45) is 0. The van der Waals surface area contributed by atoms with Crippen LogP contribution >= 0.6 is 0 Å². The molecule has 0 fully saturated rings. The molecule has 4 heteroatoms. The number of rotatable bonds is 4. The highest BCUT2D eigenvalue weighted by Crippen LogP contribution is 2.23. The summed E-state index contributed by atoms with van der Waals surface area (Å²) in [6, 6.07) is 5.79. The average Bonchev–Trinajstić information content (AvgIpc) is 2.34. The van der Waals surface area contributed by atoms with Gasteiger partial charge in [0.05, 0.1) is 6.04 Å². The van der Waals surface area contributed by atoms with Gasteiger partial charge < -0.3 is 11.1 Å². The second-order valence-electron chi connectivity index (χ2n) is 6.95. The Hall–Kier alpha value is -1.42. The number of carbonyl (C=O) groups excluding carboxylic acids is 1. The molecule has 3 nitrogen and oxygen atoms in total. The van der Waals surface area contributed by atoms with Crippen molar-refractivity contribution in [2.45, 2.75) is 46.1 Å². The Morgan fingerprint density at radius 1 is 1.20 bits per heavy atom. The molecule has 112 valence electrons. The first-order valence-electron chi connectivity index (χ1n) is 6.83. The number of amides is 1. The topological polar surface area (TPSA) is 55.1 Å². The molecule has 0 spiro atoms. The molecule has 1 amide bonds. The molecule has 1 aromatic carbocycles. The van der Waals surface area contributed by atoms with Crippen LogP contribution in [0.3, 0.4) is 0 Å². The summed E-state index contributed by atoms with van der Waals surface area (Å²) in [5.41, 5.74) is 6.35. The lowest BCUT2D eigenvalue weighted by Gasteiger charge is -2.29. The SMILES string of the molecule is CC(C)(CNC(=O)[C@@H](N)C(C)(C)C)c1ccc(F)cc1. The molecule has 1 atom stereocenters. The van der Waals surface area contributed by atoms with Crippen molar-refractivity contribution in [2.24, 2.45) is 11.1 Å². The van der Waals surface area contributed by atoms with Gasteiger partial charge in [0.15, 0.2) is 0 Å². The Kier molecular flexibility index (Phi) is 4.92. The lowest BCUT2D eigenvalue weighted by atomic mass is 9.83. The third kappa shape index (κ3) is 4.30. The van der Waals surface area contributed by atoms with E-state index in [-0.39, 0.29) is 22.6 Å². The predicted molar refractivity (Wildman–Crippen MR) is 79.9 cm³/mol. The second kappa shape index (κ2) is 5.92. The first-order valence-corrected chi connectivity index (χ1v) is 6.83. The lowest BCUT2D eigenvalue weighted by molar-refractivity contribution is -0.124. The average molecular weight is 280 g/mol. The molecule has 0 unspecified atom stereocenters. The zero-order valence-electron chi connectivity index (χ0n) is 13.0. The Bertz CT molecular complexity index is 460. The Morgan fingerprint density at radius 3 is 2.15 bits per heavy atom. The first kappa shape index (κ1) is 16.6. The number of halogens is 1. The van der Waals surface area contributed by atoms with Crippen LogP contribution < -0.4 is 11.1 Å². The monoisotopic (exact) mass is 280 g/mol. The van der Waals surface area contributed by atoms with Crippen molar-refractivity contribution in [1.29, 1.82) is 0 Å². The molecule has 0 aliphatic heterocycles. The van der Waals surface area contributed by atoms with Crippen LogP contribution in [0.5, 0.6) is 0 Å². The number of nitrogens with one attached hydrogen (secondary N) is 1. The van der Waals surface area contributed by atoms with Crippen molar-refractivity contribution in [3.05, 3.63) is 35.6 Å². The second-order valence-corrected chi connectivity index (χ2v) is 6.95. The fourth-order valence-corrected chi connectivity index (χ4v) is 1.81. The highest BCUT2D eigenvalue weighted by molar-refractivity contribution is 5.82. The van der Waals surface area contributed by atoms with Gasteiger partial charge in [-0.2, -0.15) is 0 Å². The molecule has 0 saturated heterocycles. The maximum atomic E-state index is 12.9. The number of nitrogens with two attached hydrogens (primary N) is 1. The molecule has 0 radical (unpaired) electrons.